The van der Waals surface area contributed by atoms with Crippen molar-refractivity contribution in [2.24, 2.45) is 5.92 Å². The average molecular weight is 417 g/mol. The quantitative estimate of drug-likeness (QED) is 0.677. The van der Waals surface area contributed by atoms with Crippen molar-refractivity contribution in [3.8, 4) is 5.75 Å². The number of fused-ring (bicyclic) bond motifs is 1. The van der Waals surface area contributed by atoms with Crippen molar-refractivity contribution < 1.29 is 17.1 Å². The van der Waals surface area contributed by atoms with Crippen LogP contribution in [0.1, 0.15) is 67.7 Å². The molecule has 1 saturated carbocycles. The topological polar surface area (TPSA) is 9.23 Å². The van der Waals surface area contributed by atoms with E-state index < -0.39 is 0 Å². The van der Waals surface area contributed by atoms with Gasteiger partial charge in [-0.2, -0.15) is 0 Å². The fourth-order valence-electron chi connectivity index (χ4n) is 5.44. The number of methoxy groups -OCH3 is 1. The molecule has 1 aliphatic heterocycles. The average Bonchev–Trinajstić information content (AvgIpc) is 2.75. The van der Waals surface area contributed by atoms with Gasteiger partial charge in [0.25, 0.3) is 0 Å². The Morgan fingerprint density at radius 1 is 0.929 bits per heavy atom. The standard InChI is InChI=1S/C25H33OS.ClH/c1-3-17-27-24-12-8-7-11-22(24)23(19-13-15-21(26-2)16-14-19)18-25(27)20-9-5-4-6-10-20;/h4-6,9-10,13-16,22-25H,3,7-8,11-12,17-18H2,1-2H3;1H/q+1;/p-1/t22-,23+,24-,25-,27?;/m1./s1. The number of hydrogen-bond acceptors (Lipinski definition) is 1. The third-order valence-electron chi connectivity index (χ3n) is 6.65. The monoisotopic (exact) mass is 416 g/mol. The first-order valence-electron chi connectivity index (χ1n) is 10.7. The maximum atomic E-state index is 5.40. The number of rotatable bonds is 5. The predicted molar refractivity (Wildman–Crippen MR) is 118 cm³/mol. The molecule has 0 spiro atoms. The lowest BCUT2D eigenvalue weighted by Gasteiger charge is -2.44. The zero-order chi connectivity index (χ0) is 18.6. The van der Waals surface area contributed by atoms with Gasteiger partial charge < -0.3 is 17.1 Å². The third-order valence-corrected chi connectivity index (χ3v) is 10.1. The Balaban J connectivity index is 0.00000225. The van der Waals surface area contributed by atoms with Crippen LogP contribution in [0.15, 0.2) is 54.6 Å². The Labute approximate surface area is 180 Å². The van der Waals surface area contributed by atoms with Gasteiger partial charge in [-0.25, -0.2) is 0 Å². The van der Waals surface area contributed by atoms with Crippen LogP contribution in [0.2, 0.25) is 0 Å². The molecule has 2 aromatic carbocycles. The lowest BCUT2D eigenvalue weighted by atomic mass is 9.73. The molecule has 2 aromatic rings. The Kier molecular flexibility index (Phi) is 7.77. The normalized spacial score (nSPS) is 29.4. The second-order valence-corrected chi connectivity index (χ2v) is 10.7. The highest BCUT2D eigenvalue weighted by atomic mass is 35.5. The minimum absolute atomic E-state index is 0. The van der Waals surface area contributed by atoms with E-state index in [0.717, 1.165) is 22.2 Å². The number of hydrogen-bond donors (Lipinski definition) is 0. The van der Waals surface area contributed by atoms with Gasteiger partial charge in [-0.05, 0) is 60.2 Å². The van der Waals surface area contributed by atoms with Gasteiger partial charge in [-0.15, -0.1) is 0 Å². The van der Waals surface area contributed by atoms with Gasteiger partial charge in [0.05, 0.1) is 7.11 Å². The molecule has 3 heteroatoms. The molecule has 5 atom stereocenters. The largest absolute Gasteiger partial charge is 1.00 e. The van der Waals surface area contributed by atoms with Crippen LogP contribution in [0.4, 0.5) is 0 Å². The van der Waals surface area contributed by atoms with Crippen LogP contribution >= 0.6 is 0 Å². The van der Waals surface area contributed by atoms with Crippen LogP contribution in [0.3, 0.4) is 0 Å². The van der Waals surface area contributed by atoms with Crippen molar-refractivity contribution in [1.82, 2.24) is 0 Å². The van der Waals surface area contributed by atoms with E-state index in [1.807, 2.05) is 0 Å². The van der Waals surface area contributed by atoms with E-state index >= 15 is 0 Å². The smallest absolute Gasteiger partial charge is 0.144 e. The summed E-state index contributed by atoms with van der Waals surface area (Å²) in [5.41, 5.74) is 3.12. The van der Waals surface area contributed by atoms with Crippen LogP contribution in [0.5, 0.6) is 5.75 Å². The van der Waals surface area contributed by atoms with E-state index in [1.54, 1.807) is 12.7 Å². The van der Waals surface area contributed by atoms with Crippen LogP contribution < -0.4 is 17.1 Å². The van der Waals surface area contributed by atoms with Crippen molar-refractivity contribution in [3.63, 3.8) is 0 Å². The molecule has 1 aliphatic carbocycles. The number of halogens is 1. The fourth-order valence-corrected chi connectivity index (χ4v) is 9.13. The lowest BCUT2D eigenvalue weighted by Crippen LogP contribution is -3.00. The summed E-state index contributed by atoms with van der Waals surface area (Å²) in [6.45, 7) is 2.38. The van der Waals surface area contributed by atoms with E-state index in [4.69, 9.17) is 4.74 Å². The summed E-state index contributed by atoms with van der Waals surface area (Å²) in [6.07, 6.45) is 8.38. The highest BCUT2D eigenvalue weighted by Gasteiger charge is 2.52. The minimum Gasteiger partial charge on any atom is -1.00 e. The SMILES string of the molecule is CCC[S+]1[C@@H](c2ccccc2)C[C@@H](c2ccc(OC)cc2)[C@H]2CCCC[C@H]21.[Cl-]. The molecule has 1 nitrogen and oxygen atoms in total. The summed E-state index contributed by atoms with van der Waals surface area (Å²) >= 11 is 0. The van der Waals surface area contributed by atoms with Gasteiger partial charge >= 0.3 is 0 Å². The first-order valence-corrected chi connectivity index (χ1v) is 12.2. The van der Waals surface area contributed by atoms with E-state index in [-0.39, 0.29) is 12.4 Å². The Hall–Kier alpha value is -1.12. The number of ether oxygens (including phenoxy) is 1. The van der Waals surface area contributed by atoms with Gasteiger partial charge in [0, 0.05) is 17.9 Å². The molecule has 0 N–H and O–H groups in total. The summed E-state index contributed by atoms with van der Waals surface area (Å²) in [7, 11) is 2.28. The second-order valence-electron chi connectivity index (χ2n) is 8.17. The fraction of sp³-hybridized carbons (Fsp3) is 0.520. The summed E-state index contributed by atoms with van der Waals surface area (Å²) in [6, 6.07) is 20.4. The highest BCUT2D eigenvalue weighted by molar-refractivity contribution is 7.97. The first-order chi connectivity index (χ1) is 13.3. The molecular weight excluding hydrogens is 384 g/mol. The van der Waals surface area contributed by atoms with Gasteiger partial charge in [-0.3, -0.25) is 0 Å². The molecule has 0 aromatic heterocycles. The van der Waals surface area contributed by atoms with E-state index in [2.05, 4.69) is 61.5 Å². The van der Waals surface area contributed by atoms with Crippen LogP contribution in [0, 0.1) is 5.92 Å². The van der Waals surface area contributed by atoms with Crippen molar-refractivity contribution in [3.05, 3.63) is 65.7 Å². The molecule has 28 heavy (non-hydrogen) atoms. The molecule has 0 radical (unpaired) electrons. The molecular formula is C25H33ClOS. The number of benzene rings is 2. The summed E-state index contributed by atoms with van der Waals surface area (Å²) in [5, 5.41) is 1.65. The summed E-state index contributed by atoms with van der Waals surface area (Å²) in [5.74, 6) is 3.96. The maximum Gasteiger partial charge on any atom is 0.144 e. The van der Waals surface area contributed by atoms with Crippen LogP contribution in [-0.2, 0) is 10.9 Å². The second kappa shape index (κ2) is 10.1. The van der Waals surface area contributed by atoms with Gasteiger partial charge in [-0.1, -0.05) is 55.8 Å². The van der Waals surface area contributed by atoms with Crippen LogP contribution in [-0.4, -0.2) is 18.1 Å². The lowest BCUT2D eigenvalue weighted by molar-refractivity contribution is -0.00000579. The van der Waals surface area contributed by atoms with Crippen molar-refractivity contribution in [2.45, 2.75) is 61.9 Å². The summed E-state index contributed by atoms with van der Waals surface area (Å²) in [4.78, 5) is 0. The molecule has 1 saturated heterocycles. The molecule has 0 bridgehead atoms. The zero-order valence-electron chi connectivity index (χ0n) is 17.1. The van der Waals surface area contributed by atoms with Crippen molar-refractivity contribution in [1.29, 1.82) is 0 Å². The predicted octanol–water partition coefficient (Wildman–Crippen LogP) is 3.51. The Bertz CT molecular complexity index is 717. The molecule has 4 rings (SSSR count). The Morgan fingerprint density at radius 3 is 2.32 bits per heavy atom. The van der Waals surface area contributed by atoms with E-state index in [1.165, 1.54) is 49.8 Å². The minimum atomic E-state index is 0. The Morgan fingerprint density at radius 2 is 1.64 bits per heavy atom. The third kappa shape index (κ3) is 4.39. The highest BCUT2D eigenvalue weighted by Crippen LogP contribution is 2.53. The van der Waals surface area contributed by atoms with Gasteiger partial charge in [0.2, 0.25) is 0 Å². The van der Waals surface area contributed by atoms with Crippen LogP contribution in [0.25, 0.3) is 0 Å². The molecule has 152 valence electrons. The van der Waals surface area contributed by atoms with Crippen molar-refractivity contribution in [2.75, 3.05) is 12.9 Å². The zero-order valence-corrected chi connectivity index (χ0v) is 18.7. The molecule has 1 unspecified atom stereocenters. The molecule has 0 amide bonds. The molecule has 2 fully saturated rings. The van der Waals surface area contributed by atoms with E-state index in [9.17, 15) is 0 Å². The first kappa shape index (κ1) is 21.6. The molecule has 2 aliphatic rings. The van der Waals surface area contributed by atoms with Crippen molar-refractivity contribution >= 4 is 10.9 Å². The van der Waals surface area contributed by atoms with Gasteiger partial charge in [0.15, 0.2) is 0 Å². The summed E-state index contributed by atoms with van der Waals surface area (Å²) < 4.78 is 5.40. The van der Waals surface area contributed by atoms with Gasteiger partial charge in [0.1, 0.15) is 22.0 Å². The maximum absolute atomic E-state index is 5.40. The molecule has 1 heterocycles. The van der Waals surface area contributed by atoms with E-state index in [0.29, 0.717) is 16.8 Å².